The van der Waals surface area contributed by atoms with Crippen LogP contribution in [0.1, 0.15) is 36.0 Å². The number of nitrogens with one attached hydrogen (secondary N) is 1. The van der Waals surface area contributed by atoms with Gasteiger partial charge in [0.2, 0.25) is 0 Å². The van der Waals surface area contributed by atoms with E-state index in [4.69, 9.17) is 5.11 Å². The maximum absolute atomic E-state index is 9.14. The number of aryl methyl sites for hydroxylation is 2. The smallest absolute Gasteiger partial charge is 0.130 e. The van der Waals surface area contributed by atoms with Gasteiger partial charge in [-0.3, -0.25) is 0 Å². The lowest BCUT2D eigenvalue weighted by Crippen LogP contribution is -2.05. The van der Waals surface area contributed by atoms with E-state index in [9.17, 15) is 0 Å². The molecule has 0 saturated carbocycles. The molecule has 0 spiro atoms. The molecule has 106 valence electrons. The lowest BCUT2D eigenvalue weighted by atomic mass is 10.1. The molecule has 1 aromatic heterocycles. The first kappa shape index (κ1) is 14.5. The summed E-state index contributed by atoms with van der Waals surface area (Å²) >= 11 is 0. The van der Waals surface area contributed by atoms with Gasteiger partial charge in [-0.15, -0.1) is 0 Å². The zero-order chi connectivity index (χ0) is 14.4. The number of aliphatic hydroxyl groups is 1. The van der Waals surface area contributed by atoms with Crippen molar-refractivity contribution in [1.29, 1.82) is 0 Å². The summed E-state index contributed by atoms with van der Waals surface area (Å²) in [6.45, 7) is 4.87. The van der Waals surface area contributed by atoms with Gasteiger partial charge in [-0.05, 0) is 24.5 Å². The second-order valence-electron chi connectivity index (χ2n) is 4.89. The minimum Gasteiger partial charge on any atom is -0.392 e. The molecule has 2 N–H and O–H groups in total. The molecule has 0 unspecified atom stereocenters. The third-order valence-electron chi connectivity index (χ3n) is 3.02. The van der Waals surface area contributed by atoms with Crippen molar-refractivity contribution in [1.82, 2.24) is 9.97 Å². The van der Waals surface area contributed by atoms with Crippen molar-refractivity contribution < 1.29 is 5.11 Å². The van der Waals surface area contributed by atoms with Crippen molar-refractivity contribution in [2.24, 2.45) is 0 Å². The zero-order valence-electron chi connectivity index (χ0n) is 12.1. The number of hydrogen-bond donors (Lipinski definition) is 2. The molecule has 0 radical (unpaired) electrons. The fourth-order valence-electron chi connectivity index (χ4n) is 2.09. The molecule has 4 heteroatoms. The predicted octanol–water partition coefficient (Wildman–Crippen LogP) is 2.84. The summed E-state index contributed by atoms with van der Waals surface area (Å²) in [6.07, 6.45) is 1.94. The highest BCUT2D eigenvalue weighted by Gasteiger charge is 2.02. The van der Waals surface area contributed by atoms with Gasteiger partial charge in [-0.1, -0.05) is 31.2 Å². The van der Waals surface area contributed by atoms with Crippen molar-refractivity contribution >= 4 is 5.82 Å². The average Bonchev–Trinajstić information content (AvgIpc) is 2.45. The zero-order valence-corrected chi connectivity index (χ0v) is 12.1. The van der Waals surface area contributed by atoms with Crippen molar-refractivity contribution in [2.45, 2.75) is 39.8 Å². The predicted molar refractivity (Wildman–Crippen MR) is 80.5 cm³/mol. The number of aliphatic hydroxyl groups excluding tert-OH is 1. The molecular formula is C16H21N3O. The van der Waals surface area contributed by atoms with E-state index >= 15 is 0 Å². The first-order chi connectivity index (χ1) is 9.71. The van der Waals surface area contributed by atoms with Gasteiger partial charge in [-0.25, -0.2) is 9.97 Å². The molecule has 4 nitrogen and oxygen atoms in total. The first-order valence-corrected chi connectivity index (χ1v) is 6.98. The van der Waals surface area contributed by atoms with Crippen LogP contribution >= 0.6 is 0 Å². The number of rotatable bonds is 6. The molecule has 0 bridgehead atoms. The van der Waals surface area contributed by atoms with Crippen LogP contribution in [0.15, 0.2) is 30.3 Å². The number of hydrogen-bond acceptors (Lipinski definition) is 4. The standard InChI is InChI=1S/C16H21N3O/c1-3-5-15-18-12(2)8-16(19-15)17-10-13-6-4-7-14(9-13)11-20/h4,6-9,20H,3,5,10-11H2,1-2H3,(H,17,18,19). The highest BCUT2D eigenvalue weighted by Crippen LogP contribution is 2.11. The summed E-state index contributed by atoms with van der Waals surface area (Å²) in [5, 5.41) is 12.5. The first-order valence-electron chi connectivity index (χ1n) is 6.98. The Morgan fingerprint density at radius 2 is 1.95 bits per heavy atom. The SMILES string of the molecule is CCCc1nc(C)cc(NCc2cccc(CO)c2)n1. The fourth-order valence-corrected chi connectivity index (χ4v) is 2.09. The normalized spacial score (nSPS) is 10.6. The Morgan fingerprint density at radius 3 is 2.70 bits per heavy atom. The van der Waals surface area contributed by atoms with Gasteiger partial charge >= 0.3 is 0 Å². The molecule has 2 rings (SSSR count). The van der Waals surface area contributed by atoms with Gasteiger partial charge in [0.05, 0.1) is 6.61 Å². The van der Waals surface area contributed by atoms with E-state index in [2.05, 4.69) is 22.2 Å². The molecular weight excluding hydrogens is 250 g/mol. The van der Waals surface area contributed by atoms with Gasteiger partial charge in [0, 0.05) is 24.7 Å². The van der Waals surface area contributed by atoms with E-state index in [1.807, 2.05) is 37.3 Å². The van der Waals surface area contributed by atoms with Crippen LogP contribution in [0, 0.1) is 6.92 Å². The third kappa shape index (κ3) is 4.03. The Morgan fingerprint density at radius 1 is 1.15 bits per heavy atom. The maximum Gasteiger partial charge on any atom is 0.130 e. The number of nitrogens with zero attached hydrogens (tertiary/aromatic N) is 2. The molecule has 0 aliphatic rings. The average molecular weight is 271 g/mol. The minimum atomic E-state index is 0.0705. The van der Waals surface area contributed by atoms with Gasteiger partial charge in [0.25, 0.3) is 0 Å². The third-order valence-corrected chi connectivity index (χ3v) is 3.02. The summed E-state index contributed by atoms with van der Waals surface area (Å²) < 4.78 is 0. The molecule has 0 saturated heterocycles. The van der Waals surface area contributed by atoms with E-state index in [0.717, 1.165) is 41.3 Å². The topological polar surface area (TPSA) is 58.0 Å². The van der Waals surface area contributed by atoms with Gasteiger partial charge in [0.1, 0.15) is 11.6 Å². The van der Waals surface area contributed by atoms with Crippen LogP contribution in [0.5, 0.6) is 0 Å². The largest absolute Gasteiger partial charge is 0.392 e. The molecule has 0 aliphatic carbocycles. The number of aromatic nitrogens is 2. The molecule has 0 amide bonds. The highest BCUT2D eigenvalue weighted by atomic mass is 16.3. The molecule has 1 aromatic carbocycles. The molecule has 1 heterocycles. The number of anilines is 1. The molecule has 0 fully saturated rings. The molecule has 0 atom stereocenters. The van der Waals surface area contributed by atoms with Crippen LogP contribution in [-0.4, -0.2) is 15.1 Å². The monoisotopic (exact) mass is 271 g/mol. The van der Waals surface area contributed by atoms with Gasteiger partial charge in [-0.2, -0.15) is 0 Å². The summed E-state index contributed by atoms with van der Waals surface area (Å²) in [7, 11) is 0. The van der Waals surface area contributed by atoms with Gasteiger partial charge < -0.3 is 10.4 Å². The van der Waals surface area contributed by atoms with Crippen LogP contribution < -0.4 is 5.32 Å². The number of benzene rings is 1. The Hall–Kier alpha value is -1.94. The van der Waals surface area contributed by atoms with E-state index in [1.165, 1.54) is 0 Å². The summed E-state index contributed by atoms with van der Waals surface area (Å²) in [6, 6.07) is 9.85. The quantitative estimate of drug-likeness (QED) is 0.848. The lowest BCUT2D eigenvalue weighted by Gasteiger charge is -2.09. The lowest BCUT2D eigenvalue weighted by molar-refractivity contribution is 0.281. The molecule has 0 aliphatic heterocycles. The van der Waals surface area contributed by atoms with Crippen LogP contribution in [0.25, 0.3) is 0 Å². The Bertz CT molecular complexity index is 569. The minimum absolute atomic E-state index is 0.0705. The Labute approximate surface area is 119 Å². The second-order valence-corrected chi connectivity index (χ2v) is 4.89. The fraction of sp³-hybridized carbons (Fsp3) is 0.375. The second kappa shape index (κ2) is 7.01. The summed E-state index contributed by atoms with van der Waals surface area (Å²) in [5.74, 6) is 1.74. The van der Waals surface area contributed by atoms with E-state index < -0.39 is 0 Å². The van der Waals surface area contributed by atoms with E-state index in [0.29, 0.717) is 6.54 Å². The molecule has 2 aromatic rings. The van der Waals surface area contributed by atoms with Crippen molar-refractivity contribution in [3.05, 3.63) is 53.0 Å². The van der Waals surface area contributed by atoms with Crippen LogP contribution in [0.4, 0.5) is 5.82 Å². The van der Waals surface area contributed by atoms with Crippen LogP contribution in [0.3, 0.4) is 0 Å². The van der Waals surface area contributed by atoms with Crippen LogP contribution in [0.2, 0.25) is 0 Å². The van der Waals surface area contributed by atoms with Gasteiger partial charge in [0.15, 0.2) is 0 Å². The van der Waals surface area contributed by atoms with E-state index in [1.54, 1.807) is 0 Å². The molecule has 20 heavy (non-hydrogen) atoms. The van der Waals surface area contributed by atoms with Crippen molar-refractivity contribution in [2.75, 3.05) is 5.32 Å². The maximum atomic E-state index is 9.14. The van der Waals surface area contributed by atoms with Crippen molar-refractivity contribution in [3.63, 3.8) is 0 Å². The van der Waals surface area contributed by atoms with E-state index in [-0.39, 0.29) is 6.61 Å². The Balaban J connectivity index is 2.06. The Kier molecular flexibility index (Phi) is 5.07. The summed E-state index contributed by atoms with van der Waals surface area (Å²) in [5.41, 5.74) is 3.04. The summed E-state index contributed by atoms with van der Waals surface area (Å²) in [4.78, 5) is 8.93. The highest BCUT2D eigenvalue weighted by molar-refractivity contribution is 5.37. The van der Waals surface area contributed by atoms with Crippen molar-refractivity contribution in [3.8, 4) is 0 Å². The van der Waals surface area contributed by atoms with Crippen LogP contribution in [-0.2, 0) is 19.6 Å².